The van der Waals surface area contributed by atoms with Gasteiger partial charge in [-0.2, -0.15) is 8.42 Å². The van der Waals surface area contributed by atoms with E-state index in [-0.39, 0.29) is 81.0 Å². The molecule has 4 heterocycles. The predicted octanol–water partition coefficient (Wildman–Crippen LogP) is 17.7. The predicted molar refractivity (Wildman–Crippen MR) is 558 cm³/mol. The van der Waals surface area contributed by atoms with E-state index in [1.807, 2.05) is 152 Å². The average Bonchev–Trinajstić information content (AvgIpc) is 1.70. The molecule has 139 heavy (non-hydrogen) atoms. The van der Waals surface area contributed by atoms with Gasteiger partial charge in [0.05, 0.1) is 12.3 Å². The molecule has 0 radical (unpaired) electrons. The standard InChI is InChI=1S/C99H140N20O19S/c1-51(2)37-73(109-86(122)59(17)107-81(121)49-105-96(132)82(55(9)10)106-50-120)89(125)108-60(18)87(123)117-84(57(13)14)98(134)119-85(58(15)16)99(135)118-83(56(11)12)97(133)116-80(44-64-48-104-72-34-26-22-30-68(64)72)95(131)112-76(40-54(7)8)92(128)115-79(43-63-47-103-71-33-25-21-29-67(63)71)94(130)111-75(39-53(5)6)91(127)114-78(42-62-46-102-70-32-24-20-28-66(62)70)93(129)110-74(38-52(3)4)90(126)113-77(88(124)100-35-36-139(136,137)138)41-61-45-101-69-31-23-19-27-65(61)69/h19-34,45-48,50-60,73-80,82-85,101-104H,35-44,49H2,1-18H3,(H,100,124)(H,105,132)(H,106,120)(H,107,121)(H,108,125)(H,109,122)(H,110,129)(H,111,130)(H,112,131)(H,113,126)(H,114,127)(H,115,128)(H,116,133)(H,117,123)(H,118,135)(H,119,134)(H,136,137,138)/t59-,60-,73+,74+,75+,76+,77-,78-,79-,80-,82-,83+,84+,85-/m0/s1. The first-order valence-electron chi connectivity index (χ1n) is 46.8. The Morgan fingerprint density at radius 3 is 0.849 bits per heavy atom. The van der Waals surface area contributed by atoms with Crippen molar-refractivity contribution < 1.29 is 94.7 Å². The number of benzene rings is 4. The molecule has 39 nitrogen and oxygen atoms in total. The van der Waals surface area contributed by atoms with Crippen molar-refractivity contribution in [2.75, 3.05) is 18.8 Å². The van der Waals surface area contributed by atoms with Gasteiger partial charge in [0.1, 0.15) is 91.1 Å². The molecule has 14 atom stereocenters. The molecule has 0 fully saturated rings. The van der Waals surface area contributed by atoms with E-state index in [4.69, 9.17) is 25.0 Å². The molecule has 8 aromatic rings. The quantitative estimate of drug-likeness (QED) is 0.00956. The Hall–Kier alpha value is -13.5. The molecule has 8 rings (SSSR count). The Balaban J connectivity index is 1.17. The number of nitrogens with zero attached hydrogens (tertiary/aromatic N) is 16. The minimum absolute atomic E-state index is 0.0157. The molecule has 0 amide bonds. The van der Waals surface area contributed by atoms with E-state index in [0.717, 1.165) is 43.6 Å². The average molecular weight is 1950 g/mol. The van der Waals surface area contributed by atoms with Crippen LogP contribution in [0.4, 0.5) is 0 Å². The van der Waals surface area contributed by atoms with Crippen molar-refractivity contribution in [2.24, 2.45) is 127 Å². The van der Waals surface area contributed by atoms with Gasteiger partial charge in [0.2, 0.25) is 88.5 Å². The zero-order valence-corrected chi connectivity index (χ0v) is 82.9. The molecule has 0 aliphatic heterocycles. The first-order chi connectivity index (χ1) is 65.6. The topological polar surface area (TPSA) is 639 Å². The van der Waals surface area contributed by atoms with Crippen molar-refractivity contribution in [3.63, 3.8) is 0 Å². The number of aliphatic hydroxyl groups is 16. The second kappa shape index (κ2) is 51.8. The summed E-state index contributed by atoms with van der Waals surface area (Å²) < 4.78 is 33.1. The van der Waals surface area contributed by atoms with Crippen molar-refractivity contribution in [2.45, 2.75) is 261 Å². The van der Waals surface area contributed by atoms with Gasteiger partial charge in [-0.15, -0.1) is 0 Å². The van der Waals surface area contributed by atoms with Crippen LogP contribution in [0.2, 0.25) is 0 Å². The maximum absolute atomic E-state index is 12.8. The Labute approximate surface area is 809 Å². The minimum atomic E-state index is -4.50. The van der Waals surface area contributed by atoms with E-state index >= 15 is 0 Å². The number of H-pyrrole nitrogens is 4. The molecule has 0 unspecified atom stereocenters. The first-order valence-corrected chi connectivity index (χ1v) is 48.4. The second-order valence-electron chi connectivity index (χ2n) is 37.9. The van der Waals surface area contributed by atoms with Crippen molar-refractivity contribution in [1.82, 2.24) is 19.9 Å². The molecule has 0 aliphatic rings. The zero-order chi connectivity index (χ0) is 103. The van der Waals surface area contributed by atoms with E-state index in [1.54, 1.807) is 80.2 Å². The number of para-hydroxylation sites is 4. The zero-order valence-electron chi connectivity index (χ0n) is 82.1. The van der Waals surface area contributed by atoms with Crippen molar-refractivity contribution >= 4 is 149 Å². The van der Waals surface area contributed by atoms with Crippen LogP contribution in [0.5, 0.6) is 0 Å². The van der Waals surface area contributed by atoms with Crippen LogP contribution in [0.15, 0.2) is 202 Å². The lowest BCUT2D eigenvalue weighted by atomic mass is 10.0. The summed E-state index contributed by atoms with van der Waals surface area (Å²) in [5.41, 5.74) is 5.46. The van der Waals surface area contributed by atoms with Crippen LogP contribution in [-0.2, 0) is 35.8 Å². The smallest absolute Gasteiger partial charge is 0.266 e. The molecular formula is C99H140N20O19S. The molecule has 0 spiro atoms. The number of aromatic nitrogens is 4. The molecule has 21 N–H and O–H groups in total. The molecule has 0 saturated heterocycles. The maximum atomic E-state index is 12.8. The highest BCUT2D eigenvalue weighted by molar-refractivity contribution is 7.85. The lowest BCUT2D eigenvalue weighted by Crippen LogP contribution is -2.35. The number of aliphatic hydroxyl groups excluding tert-OH is 16. The van der Waals surface area contributed by atoms with Crippen LogP contribution >= 0.6 is 0 Å². The third-order valence-corrected chi connectivity index (χ3v) is 23.6. The van der Waals surface area contributed by atoms with Crippen molar-refractivity contribution in [1.29, 1.82) is 0 Å². The number of fused-ring (bicyclic) bond motifs is 4. The van der Waals surface area contributed by atoms with E-state index in [2.05, 4.69) is 74.9 Å². The molecule has 4 aromatic heterocycles. The van der Waals surface area contributed by atoms with Gasteiger partial charge in [-0.25, -0.2) is 74.9 Å². The van der Waals surface area contributed by atoms with Crippen molar-refractivity contribution in [3.8, 4) is 0 Å². The van der Waals surface area contributed by atoms with Crippen molar-refractivity contribution in [3.05, 3.63) is 144 Å². The normalized spacial score (nSPS) is 17.7. The van der Waals surface area contributed by atoms with Crippen LogP contribution in [-0.4, -0.2) is 313 Å². The minimum Gasteiger partial charge on any atom is -0.499 e. The lowest BCUT2D eigenvalue weighted by molar-refractivity contribution is 0.414. The molecule has 0 aliphatic carbocycles. The highest BCUT2D eigenvalue weighted by Gasteiger charge is 2.35. The fourth-order valence-electron chi connectivity index (χ4n) is 15.5. The number of hydrogen-bond donors (Lipinski definition) is 21. The largest absolute Gasteiger partial charge is 0.499 e. The Kier molecular flexibility index (Phi) is 41.2. The van der Waals surface area contributed by atoms with Gasteiger partial charge in [0.15, 0.2) is 6.40 Å². The molecule has 756 valence electrons. The highest BCUT2D eigenvalue weighted by atomic mass is 32.2. The van der Waals surface area contributed by atoms with Gasteiger partial charge in [-0.3, -0.25) is 9.55 Å². The van der Waals surface area contributed by atoms with Gasteiger partial charge in [-0.1, -0.05) is 184 Å². The van der Waals surface area contributed by atoms with E-state index in [9.17, 15) is 94.7 Å². The monoisotopic (exact) mass is 1950 g/mol. The summed E-state index contributed by atoms with van der Waals surface area (Å²) in [7, 11) is -4.50. The second-order valence-corrected chi connectivity index (χ2v) is 39.4. The summed E-state index contributed by atoms with van der Waals surface area (Å²) in [6.45, 7) is 30.2. The Morgan fingerprint density at radius 2 is 0.547 bits per heavy atom. The van der Waals surface area contributed by atoms with Gasteiger partial charge >= 0.3 is 0 Å². The molecular weight excluding hydrogens is 1810 g/mol. The summed E-state index contributed by atoms with van der Waals surface area (Å²) in [6.07, 6.45) is 7.15. The van der Waals surface area contributed by atoms with Gasteiger partial charge in [0, 0.05) is 94.1 Å². The Morgan fingerprint density at radius 1 is 0.295 bits per heavy atom. The van der Waals surface area contributed by atoms with Crippen LogP contribution in [0.3, 0.4) is 0 Å². The highest BCUT2D eigenvalue weighted by Crippen LogP contribution is 2.30. The summed E-state index contributed by atoms with van der Waals surface area (Å²) in [6, 6.07) is 11.0. The maximum Gasteiger partial charge on any atom is 0.266 e. The third kappa shape index (κ3) is 33.1. The third-order valence-electron chi connectivity index (χ3n) is 22.9. The van der Waals surface area contributed by atoms with Gasteiger partial charge in [-0.05, 0) is 133 Å². The molecule has 4 aromatic carbocycles. The summed E-state index contributed by atoms with van der Waals surface area (Å²) in [5, 5.41) is 191. The van der Waals surface area contributed by atoms with Crippen LogP contribution in [0.1, 0.15) is 173 Å². The van der Waals surface area contributed by atoms with E-state index in [1.165, 1.54) is 13.8 Å². The number of nitrogens with one attached hydrogen (secondary N) is 4. The van der Waals surface area contributed by atoms with Gasteiger partial charge < -0.3 is 102 Å². The molecule has 40 heteroatoms. The van der Waals surface area contributed by atoms with E-state index < -0.39 is 220 Å². The van der Waals surface area contributed by atoms with Crippen LogP contribution in [0, 0.1) is 47.3 Å². The number of hydrogen-bond acceptors (Lipinski definition) is 18. The Bertz CT molecular complexity index is 6040. The molecule has 0 saturated carbocycles. The summed E-state index contributed by atoms with van der Waals surface area (Å²) in [4.78, 5) is 83.7. The van der Waals surface area contributed by atoms with Crippen LogP contribution < -0.4 is 0 Å². The number of aliphatic imine (C=N–C) groups is 16. The summed E-state index contributed by atoms with van der Waals surface area (Å²) in [5.74, 6) is -13.5. The number of aromatic amines is 4. The lowest BCUT2D eigenvalue weighted by Gasteiger charge is -2.23. The summed E-state index contributed by atoms with van der Waals surface area (Å²) >= 11 is 0. The van der Waals surface area contributed by atoms with Crippen LogP contribution in [0.25, 0.3) is 43.6 Å². The van der Waals surface area contributed by atoms with Gasteiger partial charge in [0.25, 0.3) is 10.1 Å². The number of rotatable bonds is 53. The molecule has 0 bridgehead atoms. The van der Waals surface area contributed by atoms with E-state index in [0.29, 0.717) is 28.7 Å². The SMILES string of the molecule is CC(C)C[C@@H](N=C(O)[C@H](C)N=C(O)CN=C(O)[C@@H](N=CO)C(C)C)C(O)=N[C@@H](C)C(O)=N[C@@H](C(O)=N[C@H](C(O)=N[C@@H](C(O)=N[C@@H](Cc1c[nH]c2ccccc12)C(O)=N[C@H](CC(C)C)C(O)=N[C@@H](Cc1c[nH]c2ccccc12)C(O)=N[C@H](CC(C)C)C(O)=N[C@@H](Cc1c[nH]c2ccccc12)C(O)=N[C@H](CC(C)C)C(O)=N[C@@H](Cc1c[nH]c2ccccc12)C(O)=NCCS(=O)(=O)O)C(C)C)C(C)C)C(C)C. The fourth-order valence-corrected chi connectivity index (χ4v) is 15.9. The fraction of sp³-hybridized carbons (Fsp3) is 0.515. The first kappa shape index (κ1) is 111.